The van der Waals surface area contributed by atoms with Crippen LogP contribution in [0, 0.1) is 0 Å². The Bertz CT molecular complexity index is 1070. The Balaban J connectivity index is 1.42. The molecule has 1 aliphatic heterocycles. The maximum Gasteiger partial charge on any atom is 0.250 e. The van der Waals surface area contributed by atoms with Crippen LogP contribution in [0.3, 0.4) is 0 Å². The number of carbonyl (C=O) groups excluding carboxylic acids is 1. The van der Waals surface area contributed by atoms with Gasteiger partial charge in [0.2, 0.25) is 5.91 Å². The lowest BCUT2D eigenvalue weighted by molar-refractivity contribution is -0.127. The van der Waals surface area contributed by atoms with Crippen LogP contribution in [-0.2, 0) is 21.1 Å². The van der Waals surface area contributed by atoms with Crippen molar-refractivity contribution in [3.8, 4) is 5.75 Å². The summed E-state index contributed by atoms with van der Waals surface area (Å²) < 4.78 is 28.7. The van der Waals surface area contributed by atoms with E-state index in [0.29, 0.717) is 19.5 Å². The summed E-state index contributed by atoms with van der Waals surface area (Å²) in [4.78, 5) is 17.4. The largest absolute Gasteiger partial charge is 0.497 e. The number of hydrogen-bond donors (Lipinski definition) is 0. The van der Waals surface area contributed by atoms with E-state index in [1.165, 1.54) is 6.26 Å². The van der Waals surface area contributed by atoms with E-state index in [2.05, 4.69) is 4.90 Å². The van der Waals surface area contributed by atoms with Crippen molar-refractivity contribution in [3.05, 3.63) is 59.2 Å². The van der Waals surface area contributed by atoms with Gasteiger partial charge in [-0.05, 0) is 53.6 Å². The Labute approximate surface area is 171 Å². The van der Waals surface area contributed by atoms with E-state index in [0.717, 1.165) is 41.2 Å². The molecule has 1 amide bonds. The highest BCUT2D eigenvalue weighted by Crippen LogP contribution is 2.29. The van der Waals surface area contributed by atoms with E-state index < -0.39 is 9.84 Å². The summed E-state index contributed by atoms with van der Waals surface area (Å²) in [7, 11) is -1.61. The summed E-state index contributed by atoms with van der Waals surface area (Å²) in [5.74, 6) is 0.866. The molecule has 6 nitrogen and oxygen atoms in total. The van der Waals surface area contributed by atoms with Crippen LogP contribution >= 0.6 is 0 Å². The second-order valence-electron chi connectivity index (χ2n) is 7.46. The second kappa shape index (κ2) is 7.55. The van der Waals surface area contributed by atoms with Crippen molar-refractivity contribution >= 4 is 27.5 Å². The number of nitrogens with zero attached hydrogens (tertiary/aromatic N) is 2. The van der Waals surface area contributed by atoms with Gasteiger partial charge in [-0.25, -0.2) is 8.42 Å². The van der Waals surface area contributed by atoms with Gasteiger partial charge in [0, 0.05) is 50.1 Å². The first-order valence-corrected chi connectivity index (χ1v) is 11.5. The number of rotatable bonds is 4. The number of methoxy groups -OCH3 is 1. The van der Waals surface area contributed by atoms with Gasteiger partial charge in [0.05, 0.1) is 12.0 Å². The lowest BCUT2D eigenvalue weighted by atomic mass is 10.1. The number of amides is 1. The van der Waals surface area contributed by atoms with E-state index in [-0.39, 0.29) is 10.8 Å². The minimum atomic E-state index is -3.26. The van der Waals surface area contributed by atoms with Crippen LogP contribution in [0.1, 0.15) is 11.1 Å². The van der Waals surface area contributed by atoms with Crippen molar-refractivity contribution in [3.63, 3.8) is 0 Å². The maximum atomic E-state index is 13.0. The number of fused-ring (bicyclic) bond motifs is 1. The van der Waals surface area contributed by atoms with Gasteiger partial charge in [-0.15, -0.1) is 0 Å². The van der Waals surface area contributed by atoms with Crippen LogP contribution in [0.15, 0.2) is 52.9 Å². The van der Waals surface area contributed by atoms with Crippen LogP contribution in [0.25, 0.3) is 6.08 Å². The summed E-state index contributed by atoms with van der Waals surface area (Å²) in [6.07, 6.45) is 3.58. The van der Waals surface area contributed by atoms with Gasteiger partial charge in [0.15, 0.2) is 9.84 Å². The summed E-state index contributed by atoms with van der Waals surface area (Å²) in [5, 5.41) is 0. The number of ether oxygens (including phenoxy) is 1. The fraction of sp³-hybridized carbons (Fsp3) is 0.318. The maximum absolute atomic E-state index is 13.0. The van der Waals surface area contributed by atoms with E-state index in [1.807, 2.05) is 41.3 Å². The minimum absolute atomic E-state index is 0.0384. The van der Waals surface area contributed by atoms with Gasteiger partial charge in [-0.3, -0.25) is 4.79 Å². The average molecular weight is 413 g/mol. The van der Waals surface area contributed by atoms with Crippen molar-refractivity contribution in [2.75, 3.05) is 44.4 Å². The van der Waals surface area contributed by atoms with Crippen LogP contribution < -0.4 is 9.64 Å². The zero-order chi connectivity index (χ0) is 20.6. The molecule has 2 aliphatic rings. The highest BCUT2D eigenvalue weighted by atomic mass is 32.2. The fourth-order valence-electron chi connectivity index (χ4n) is 3.84. The van der Waals surface area contributed by atoms with Crippen molar-refractivity contribution in [2.45, 2.75) is 11.3 Å². The quantitative estimate of drug-likeness (QED) is 0.771. The predicted octanol–water partition coefficient (Wildman–Crippen LogP) is 2.39. The molecule has 0 aromatic heterocycles. The summed E-state index contributed by atoms with van der Waals surface area (Å²) in [6, 6.07) is 13.0. The molecule has 2 aromatic rings. The van der Waals surface area contributed by atoms with Crippen LogP contribution in [0.5, 0.6) is 5.75 Å². The van der Waals surface area contributed by atoms with Crippen LogP contribution in [0.4, 0.5) is 5.69 Å². The number of sulfone groups is 1. The summed E-state index contributed by atoms with van der Waals surface area (Å²) in [6.45, 7) is 2.87. The molecule has 4 rings (SSSR count). The third-order valence-electron chi connectivity index (χ3n) is 5.54. The minimum Gasteiger partial charge on any atom is -0.497 e. The summed E-state index contributed by atoms with van der Waals surface area (Å²) in [5.41, 5.74) is 3.67. The third kappa shape index (κ3) is 4.00. The first-order valence-electron chi connectivity index (χ1n) is 9.57. The summed E-state index contributed by atoms with van der Waals surface area (Å²) >= 11 is 0. The molecule has 0 spiro atoms. The average Bonchev–Trinajstić information content (AvgIpc) is 3.16. The van der Waals surface area contributed by atoms with E-state index in [9.17, 15) is 13.2 Å². The van der Waals surface area contributed by atoms with Crippen molar-refractivity contribution in [1.82, 2.24) is 4.90 Å². The molecule has 0 N–H and O–H groups in total. The van der Waals surface area contributed by atoms with Crippen molar-refractivity contribution < 1.29 is 17.9 Å². The molecule has 1 saturated heterocycles. The highest BCUT2D eigenvalue weighted by molar-refractivity contribution is 7.90. The van der Waals surface area contributed by atoms with E-state index >= 15 is 0 Å². The SMILES string of the molecule is COc1ccc(N2CCN(C(=O)C3=Cc4cc(S(C)(=O)=O)ccc4C3)CC2)cc1. The first-order chi connectivity index (χ1) is 13.8. The lowest BCUT2D eigenvalue weighted by Gasteiger charge is -2.36. The molecule has 1 fully saturated rings. The molecular formula is C22H24N2O4S. The Morgan fingerprint density at radius 1 is 1.00 bits per heavy atom. The van der Waals surface area contributed by atoms with Gasteiger partial charge in [0.25, 0.3) is 0 Å². The normalized spacial score (nSPS) is 16.4. The molecule has 152 valence electrons. The molecule has 29 heavy (non-hydrogen) atoms. The predicted molar refractivity (Wildman–Crippen MR) is 113 cm³/mol. The van der Waals surface area contributed by atoms with Crippen LogP contribution in [-0.4, -0.2) is 58.8 Å². The monoisotopic (exact) mass is 412 g/mol. The zero-order valence-electron chi connectivity index (χ0n) is 16.6. The van der Waals surface area contributed by atoms with Gasteiger partial charge < -0.3 is 14.5 Å². The van der Waals surface area contributed by atoms with Gasteiger partial charge in [-0.1, -0.05) is 6.07 Å². The molecule has 1 aliphatic carbocycles. The Morgan fingerprint density at radius 3 is 2.31 bits per heavy atom. The van der Waals surface area contributed by atoms with Gasteiger partial charge in [0.1, 0.15) is 5.75 Å². The Kier molecular flexibility index (Phi) is 5.08. The van der Waals surface area contributed by atoms with E-state index in [1.54, 1.807) is 19.2 Å². The number of piperazine rings is 1. The van der Waals surface area contributed by atoms with Crippen molar-refractivity contribution in [2.24, 2.45) is 0 Å². The fourth-order valence-corrected chi connectivity index (χ4v) is 4.50. The molecule has 0 bridgehead atoms. The molecule has 0 saturated carbocycles. The van der Waals surface area contributed by atoms with Gasteiger partial charge in [-0.2, -0.15) is 0 Å². The number of benzene rings is 2. The molecule has 1 heterocycles. The van der Waals surface area contributed by atoms with E-state index in [4.69, 9.17) is 4.74 Å². The molecule has 7 heteroatoms. The smallest absolute Gasteiger partial charge is 0.250 e. The number of hydrogen-bond acceptors (Lipinski definition) is 5. The van der Waals surface area contributed by atoms with Gasteiger partial charge >= 0.3 is 0 Å². The third-order valence-corrected chi connectivity index (χ3v) is 6.65. The lowest BCUT2D eigenvalue weighted by Crippen LogP contribution is -2.49. The number of carbonyl (C=O) groups is 1. The zero-order valence-corrected chi connectivity index (χ0v) is 17.4. The molecule has 0 unspecified atom stereocenters. The standard InChI is InChI=1S/C22H24N2O4S/c1-28-20-6-4-19(5-7-20)23-9-11-24(12-10-23)22(25)18-13-16-3-8-21(29(2,26)27)15-17(16)14-18/h3-8,14-15H,9-13H2,1-2H3. The molecule has 0 atom stereocenters. The number of anilines is 1. The molecule has 2 aromatic carbocycles. The second-order valence-corrected chi connectivity index (χ2v) is 9.47. The molecular weight excluding hydrogens is 388 g/mol. The van der Waals surface area contributed by atoms with Crippen molar-refractivity contribution in [1.29, 1.82) is 0 Å². The highest BCUT2D eigenvalue weighted by Gasteiger charge is 2.27. The first kappa shape index (κ1) is 19.5. The Morgan fingerprint density at radius 2 is 1.69 bits per heavy atom. The molecule has 0 radical (unpaired) electrons. The topological polar surface area (TPSA) is 66.9 Å². The van der Waals surface area contributed by atoms with Crippen LogP contribution in [0.2, 0.25) is 0 Å². The Hall–Kier alpha value is -2.80.